The van der Waals surface area contributed by atoms with Gasteiger partial charge < -0.3 is 14.7 Å². The van der Waals surface area contributed by atoms with Crippen LogP contribution >= 0.6 is 11.8 Å². The molecule has 5 aliphatic heterocycles. The fourth-order valence-corrected chi connectivity index (χ4v) is 18.0. The average Bonchev–Trinajstić information content (AvgIpc) is 0.672. The molecule has 5 aliphatic rings. The average molecular weight is 1160 g/mol. The maximum Gasteiger partial charge on any atom is 0.252 e. The summed E-state index contributed by atoms with van der Waals surface area (Å²) in [6.45, 7) is 28.1. The van der Waals surface area contributed by atoms with Gasteiger partial charge >= 0.3 is 0 Å². The second-order valence-corrected chi connectivity index (χ2v) is 28.4. The molecule has 89 heavy (non-hydrogen) atoms. The Morgan fingerprint density at radius 3 is 1.18 bits per heavy atom. The molecule has 0 amide bonds. The molecule has 0 aliphatic carbocycles. The summed E-state index contributed by atoms with van der Waals surface area (Å²) in [7, 11) is 0. The molecular weight excluding hydrogens is 1090 g/mol. The standard InChI is InChI=1S/C81H73B4N3S/c1-47(2)56-41-60(48(3)4)78(61(42-56)49(5)6)82-62-29-19-22-32-70(62)86(57-25-15-13-16-26-57)74-46-75-67(44-66(74)82)85-65-43-59(89-58-27-17-14-18-28-58)35-36-73(65)87-71-33-23-20-30-63(71)83(76-52(9)37-50(7)38-53(76)10)68-45-69-81(79(85)80(68)87)88(75)72-34-24-21-31-64(72)84(69)77-54(11)39-51(8)40-55(77)12/h13-49H,1-12H3. The van der Waals surface area contributed by atoms with E-state index in [1.165, 1.54) is 171 Å². The van der Waals surface area contributed by atoms with Crippen LogP contribution < -0.4 is 80.3 Å². The molecule has 11 aromatic rings. The molecule has 0 saturated carbocycles. The highest BCUT2D eigenvalue weighted by molar-refractivity contribution is 7.99. The first-order chi connectivity index (χ1) is 43.1. The van der Waals surface area contributed by atoms with Gasteiger partial charge in [0.15, 0.2) is 0 Å². The van der Waals surface area contributed by atoms with Crippen molar-refractivity contribution in [2.24, 2.45) is 0 Å². The van der Waals surface area contributed by atoms with Gasteiger partial charge in [0, 0.05) is 61.0 Å². The summed E-state index contributed by atoms with van der Waals surface area (Å²) in [4.78, 5) is 10.6. The Kier molecular flexibility index (Phi) is 13.2. The maximum absolute atomic E-state index is 2.76. The van der Waals surface area contributed by atoms with E-state index in [1.54, 1.807) is 0 Å². The smallest absolute Gasteiger partial charge is 0.252 e. The van der Waals surface area contributed by atoms with Gasteiger partial charge in [0.2, 0.25) is 20.1 Å². The summed E-state index contributed by atoms with van der Waals surface area (Å²) in [5.74, 6) is 0.990. The van der Waals surface area contributed by atoms with E-state index in [1.807, 2.05) is 11.8 Å². The molecule has 3 nitrogen and oxygen atoms in total. The summed E-state index contributed by atoms with van der Waals surface area (Å²) in [5.41, 5.74) is 40.1. The van der Waals surface area contributed by atoms with Crippen molar-refractivity contribution in [3.05, 3.63) is 256 Å². The van der Waals surface area contributed by atoms with Gasteiger partial charge in [0.25, 0.3) is 6.71 Å². The first kappa shape index (κ1) is 55.7. The van der Waals surface area contributed by atoms with E-state index in [-0.39, 0.29) is 26.9 Å². The van der Waals surface area contributed by atoms with E-state index >= 15 is 0 Å². The van der Waals surface area contributed by atoms with Crippen LogP contribution in [0.1, 0.15) is 109 Å². The van der Waals surface area contributed by atoms with Gasteiger partial charge in [0.1, 0.15) is 0 Å². The summed E-state index contributed by atoms with van der Waals surface area (Å²) < 4.78 is 0. The Labute approximate surface area is 533 Å². The molecule has 0 N–H and O–H groups in total. The van der Waals surface area contributed by atoms with Gasteiger partial charge in [-0.25, -0.2) is 0 Å². The zero-order chi connectivity index (χ0) is 61.0. The van der Waals surface area contributed by atoms with Crippen LogP contribution in [0.3, 0.4) is 0 Å². The van der Waals surface area contributed by atoms with Gasteiger partial charge in [0.05, 0.1) is 0 Å². The third-order valence-electron chi connectivity index (χ3n) is 20.5. The topological polar surface area (TPSA) is 9.72 Å². The van der Waals surface area contributed by atoms with Gasteiger partial charge in [-0.3, -0.25) is 0 Å². The third kappa shape index (κ3) is 8.45. The number of nitrogens with zero attached hydrogens (tertiary/aromatic N) is 3. The van der Waals surface area contributed by atoms with E-state index in [2.05, 4.69) is 304 Å². The number of benzene rings is 11. The highest BCUT2D eigenvalue weighted by Crippen LogP contribution is 2.48. The van der Waals surface area contributed by atoms with Crippen LogP contribution in [0, 0.1) is 41.5 Å². The molecule has 0 saturated heterocycles. The van der Waals surface area contributed by atoms with Crippen LogP contribution in [0.25, 0.3) is 0 Å². The minimum atomic E-state index is -0.143. The molecule has 0 radical (unpaired) electrons. The maximum atomic E-state index is 2.76. The van der Waals surface area contributed by atoms with Gasteiger partial charge in [-0.05, 0) is 186 Å². The third-order valence-corrected chi connectivity index (χ3v) is 21.5. The van der Waals surface area contributed by atoms with Crippen molar-refractivity contribution in [3.8, 4) is 0 Å². The second kappa shape index (κ2) is 21.0. The normalized spacial score (nSPS) is 13.8. The minimum absolute atomic E-state index is 0.0239. The fourth-order valence-electron chi connectivity index (χ4n) is 17.1. The van der Waals surface area contributed by atoms with Gasteiger partial charge in [-0.2, -0.15) is 0 Å². The predicted octanol–water partition coefficient (Wildman–Crippen LogP) is 13.1. The lowest BCUT2D eigenvalue weighted by Gasteiger charge is -2.51. The van der Waals surface area contributed by atoms with Crippen molar-refractivity contribution < 1.29 is 0 Å². The summed E-state index contributed by atoms with van der Waals surface area (Å²) in [6, 6.07) is 80.9. The molecule has 0 atom stereocenters. The number of anilines is 9. The quantitative estimate of drug-likeness (QED) is 0.133. The molecule has 8 heteroatoms. The lowest BCUT2D eigenvalue weighted by molar-refractivity contribution is 0.812. The number of hydrogen-bond donors (Lipinski definition) is 0. The fraction of sp³-hybridized carbons (Fsp3) is 0.185. The molecule has 0 bridgehead atoms. The Morgan fingerprint density at radius 1 is 0.292 bits per heavy atom. The zero-order valence-electron chi connectivity index (χ0n) is 53.4. The Morgan fingerprint density at radius 2 is 0.685 bits per heavy atom. The SMILES string of the molecule is Cc1cc(C)c(B2c3ccccc3N3c4ccc(Sc5ccccc5)cc4B4c5cc6c(cc5N5c7ccccc7B(c7c(C)cc(C)cc7C)c7cc2c3c4c75)N(c2ccccc2)c2ccccc2B6c2c(C(C)C)cc(C(C)C)cc2C(C)C)c(C)c1. The number of aryl methyl sites for hydroxylation is 6. The molecule has 11 aromatic carbocycles. The Balaban J connectivity index is 1.09. The van der Waals surface area contributed by atoms with E-state index in [0.717, 1.165) is 5.69 Å². The van der Waals surface area contributed by atoms with Crippen molar-refractivity contribution in [2.75, 3.05) is 14.7 Å². The first-order valence-corrected chi connectivity index (χ1v) is 33.3. The van der Waals surface area contributed by atoms with E-state index < -0.39 is 0 Å². The van der Waals surface area contributed by atoms with Crippen LogP contribution in [0.4, 0.5) is 51.2 Å². The molecule has 5 heterocycles. The van der Waals surface area contributed by atoms with Crippen LogP contribution in [0.15, 0.2) is 216 Å². The summed E-state index contributed by atoms with van der Waals surface area (Å²) >= 11 is 1.87. The van der Waals surface area contributed by atoms with Crippen LogP contribution in [0.5, 0.6) is 0 Å². The Bertz CT molecular complexity index is 4690. The predicted molar refractivity (Wildman–Crippen MR) is 390 cm³/mol. The van der Waals surface area contributed by atoms with Crippen molar-refractivity contribution >= 4 is 155 Å². The highest BCUT2D eigenvalue weighted by Gasteiger charge is 2.53. The van der Waals surface area contributed by atoms with Crippen molar-refractivity contribution in [3.63, 3.8) is 0 Å². The van der Waals surface area contributed by atoms with E-state index in [4.69, 9.17) is 0 Å². The van der Waals surface area contributed by atoms with Crippen LogP contribution in [-0.2, 0) is 0 Å². The number of rotatable bonds is 9. The molecule has 0 aromatic heterocycles. The molecule has 0 unspecified atom stereocenters. The lowest BCUT2D eigenvalue weighted by atomic mass is 9.25. The highest BCUT2D eigenvalue weighted by atomic mass is 32.2. The molecule has 16 rings (SSSR count). The van der Waals surface area contributed by atoms with Crippen molar-refractivity contribution in [1.29, 1.82) is 0 Å². The molecule has 0 spiro atoms. The Hall–Kier alpha value is -8.57. The monoisotopic (exact) mass is 1160 g/mol. The first-order valence-electron chi connectivity index (χ1n) is 32.5. The number of fused-ring (bicyclic) bond motifs is 12. The second-order valence-electron chi connectivity index (χ2n) is 27.2. The van der Waals surface area contributed by atoms with Crippen molar-refractivity contribution in [1.82, 2.24) is 0 Å². The molecule has 430 valence electrons. The zero-order valence-corrected chi connectivity index (χ0v) is 54.2. The molecular formula is C81H73B4N3S. The van der Waals surface area contributed by atoms with Crippen LogP contribution in [0.2, 0.25) is 0 Å². The van der Waals surface area contributed by atoms with Crippen molar-refractivity contribution in [2.45, 2.75) is 111 Å². The minimum Gasteiger partial charge on any atom is -0.312 e. The summed E-state index contributed by atoms with van der Waals surface area (Å²) in [5, 5.41) is 0. The largest absolute Gasteiger partial charge is 0.312 e. The lowest BCUT2D eigenvalue weighted by Crippen LogP contribution is -2.72. The number of para-hydroxylation sites is 4. The van der Waals surface area contributed by atoms with Crippen LogP contribution in [-0.4, -0.2) is 26.9 Å². The number of hydrogen-bond acceptors (Lipinski definition) is 4. The van der Waals surface area contributed by atoms with E-state index in [0.29, 0.717) is 17.8 Å². The summed E-state index contributed by atoms with van der Waals surface area (Å²) in [6.07, 6.45) is 0. The molecule has 0 fully saturated rings. The van der Waals surface area contributed by atoms with E-state index in [9.17, 15) is 0 Å². The van der Waals surface area contributed by atoms with Gasteiger partial charge in [-0.15, -0.1) is 0 Å². The van der Waals surface area contributed by atoms with Gasteiger partial charge in [-0.1, -0.05) is 249 Å².